The molecule has 1 aromatic rings. The average molecular weight is 167 g/mol. The van der Waals surface area contributed by atoms with Crippen molar-refractivity contribution in [3.63, 3.8) is 0 Å². The van der Waals surface area contributed by atoms with Gasteiger partial charge in [0, 0.05) is 0 Å². The van der Waals surface area contributed by atoms with Crippen LogP contribution < -0.4 is 5.32 Å². The Morgan fingerprint density at radius 3 is 3.08 bits per heavy atom. The second kappa shape index (κ2) is 4.72. The fraction of sp³-hybridized carbons (Fsp3) is 0.444. The first kappa shape index (κ1) is 9.00. The molecule has 0 aliphatic carbocycles. The number of furan rings is 1. The molecule has 0 aliphatic heterocycles. The van der Waals surface area contributed by atoms with Crippen LogP contribution >= 0.6 is 0 Å². The third kappa shape index (κ3) is 2.51. The molecule has 0 radical (unpaired) electrons. The van der Waals surface area contributed by atoms with Crippen molar-refractivity contribution in [2.75, 3.05) is 13.1 Å². The highest BCUT2D eigenvalue weighted by Gasteiger charge is 2.06. The van der Waals surface area contributed by atoms with E-state index in [1.54, 1.807) is 12.1 Å². The quantitative estimate of drug-likeness (QED) is 0.533. The summed E-state index contributed by atoms with van der Waals surface area (Å²) in [5.74, 6) is 0.437. The summed E-state index contributed by atoms with van der Waals surface area (Å²) in [6.45, 7) is 3.29. The standard InChI is InChI=1S/C9H13NO2/c1-2-5-10-7-8(11)9-4-3-6-12-9/h3-4,6,10H,2,5,7H2,1H3. The Bertz CT molecular complexity index is 229. The maximum absolute atomic E-state index is 11.2. The van der Waals surface area contributed by atoms with Crippen LogP contribution in [0.15, 0.2) is 22.8 Å². The highest BCUT2D eigenvalue weighted by Crippen LogP contribution is 1.99. The number of hydrogen-bond donors (Lipinski definition) is 1. The van der Waals surface area contributed by atoms with Crippen molar-refractivity contribution in [1.29, 1.82) is 0 Å². The highest BCUT2D eigenvalue weighted by molar-refractivity contribution is 5.94. The molecule has 1 N–H and O–H groups in total. The van der Waals surface area contributed by atoms with Crippen LogP contribution in [0.3, 0.4) is 0 Å². The van der Waals surface area contributed by atoms with Gasteiger partial charge in [-0.25, -0.2) is 0 Å². The van der Waals surface area contributed by atoms with Gasteiger partial charge in [-0.05, 0) is 25.1 Å². The van der Waals surface area contributed by atoms with Gasteiger partial charge in [-0.3, -0.25) is 4.79 Å². The first-order valence-electron chi connectivity index (χ1n) is 4.12. The summed E-state index contributed by atoms with van der Waals surface area (Å²) in [4.78, 5) is 11.2. The molecule has 0 atom stereocenters. The van der Waals surface area contributed by atoms with Crippen molar-refractivity contribution in [3.05, 3.63) is 24.2 Å². The van der Waals surface area contributed by atoms with E-state index in [2.05, 4.69) is 12.2 Å². The molecular formula is C9H13NO2. The fourth-order valence-corrected chi connectivity index (χ4v) is 0.903. The van der Waals surface area contributed by atoms with Gasteiger partial charge in [0.15, 0.2) is 5.76 Å². The van der Waals surface area contributed by atoms with Gasteiger partial charge in [-0.2, -0.15) is 0 Å². The summed E-state index contributed by atoms with van der Waals surface area (Å²) < 4.78 is 4.94. The van der Waals surface area contributed by atoms with Crippen molar-refractivity contribution in [1.82, 2.24) is 5.32 Å². The lowest BCUT2D eigenvalue weighted by Crippen LogP contribution is -2.23. The lowest BCUT2D eigenvalue weighted by atomic mass is 10.3. The number of ketones is 1. The Morgan fingerprint density at radius 1 is 1.67 bits per heavy atom. The van der Waals surface area contributed by atoms with Crippen LogP contribution in [0.25, 0.3) is 0 Å². The second-order valence-corrected chi connectivity index (χ2v) is 2.58. The molecule has 3 nitrogen and oxygen atoms in total. The molecule has 12 heavy (non-hydrogen) atoms. The molecule has 0 spiro atoms. The van der Waals surface area contributed by atoms with E-state index < -0.39 is 0 Å². The fourth-order valence-electron chi connectivity index (χ4n) is 0.903. The third-order valence-corrected chi connectivity index (χ3v) is 1.51. The van der Waals surface area contributed by atoms with Crippen LogP contribution in [0.2, 0.25) is 0 Å². The van der Waals surface area contributed by atoms with E-state index in [-0.39, 0.29) is 5.78 Å². The molecule has 66 valence electrons. The molecule has 0 fully saturated rings. The van der Waals surface area contributed by atoms with Gasteiger partial charge in [0.2, 0.25) is 5.78 Å². The van der Waals surface area contributed by atoms with E-state index in [0.29, 0.717) is 12.3 Å². The topological polar surface area (TPSA) is 42.2 Å². The predicted octanol–water partition coefficient (Wildman–Crippen LogP) is 1.46. The highest BCUT2D eigenvalue weighted by atomic mass is 16.3. The number of Topliss-reactive ketones (excluding diaryl/α,β-unsaturated/α-hetero) is 1. The van der Waals surface area contributed by atoms with Gasteiger partial charge in [0.05, 0.1) is 12.8 Å². The summed E-state index contributed by atoms with van der Waals surface area (Å²) in [5, 5.41) is 3.01. The summed E-state index contributed by atoms with van der Waals surface area (Å²) in [7, 11) is 0. The smallest absolute Gasteiger partial charge is 0.211 e. The van der Waals surface area contributed by atoms with Crippen LogP contribution in [0.1, 0.15) is 23.9 Å². The Morgan fingerprint density at radius 2 is 2.50 bits per heavy atom. The molecule has 0 saturated carbocycles. The zero-order valence-electron chi connectivity index (χ0n) is 7.17. The monoisotopic (exact) mass is 167 g/mol. The minimum absolute atomic E-state index is 0.00782. The second-order valence-electron chi connectivity index (χ2n) is 2.58. The average Bonchev–Trinajstić information content (AvgIpc) is 2.56. The molecule has 1 rings (SSSR count). The van der Waals surface area contributed by atoms with Crippen LogP contribution in [0, 0.1) is 0 Å². The number of nitrogens with one attached hydrogen (secondary N) is 1. The van der Waals surface area contributed by atoms with Gasteiger partial charge >= 0.3 is 0 Å². The van der Waals surface area contributed by atoms with E-state index in [1.165, 1.54) is 6.26 Å². The summed E-state index contributed by atoms with van der Waals surface area (Å²) in [5.41, 5.74) is 0. The third-order valence-electron chi connectivity index (χ3n) is 1.51. The van der Waals surface area contributed by atoms with E-state index in [4.69, 9.17) is 4.42 Å². The molecule has 1 aromatic heterocycles. The molecule has 0 bridgehead atoms. The first-order valence-corrected chi connectivity index (χ1v) is 4.12. The molecule has 0 saturated heterocycles. The minimum Gasteiger partial charge on any atom is -0.461 e. The Labute approximate surface area is 71.8 Å². The van der Waals surface area contributed by atoms with Crippen molar-refractivity contribution in [3.8, 4) is 0 Å². The molecule has 1 heterocycles. The van der Waals surface area contributed by atoms with E-state index in [9.17, 15) is 4.79 Å². The zero-order valence-corrected chi connectivity index (χ0v) is 7.17. The maximum Gasteiger partial charge on any atom is 0.211 e. The van der Waals surface area contributed by atoms with Gasteiger partial charge < -0.3 is 9.73 Å². The van der Waals surface area contributed by atoms with Gasteiger partial charge in [-0.15, -0.1) is 0 Å². The number of rotatable bonds is 5. The summed E-state index contributed by atoms with van der Waals surface area (Å²) in [6.07, 6.45) is 2.54. The van der Waals surface area contributed by atoms with Crippen molar-refractivity contribution in [2.45, 2.75) is 13.3 Å². The predicted molar refractivity (Wildman–Crippen MR) is 46.2 cm³/mol. The molecule has 3 heteroatoms. The molecular weight excluding hydrogens is 154 g/mol. The Kier molecular flexibility index (Phi) is 3.54. The zero-order chi connectivity index (χ0) is 8.81. The van der Waals surface area contributed by atoms with Crippen LogP contribution in [-0.2, 0) is 0 Å². The van der Waals surface area contributed by atoms with Gasteiger partial charge in [-0.1, -0.05) is 6.92 Å². The lowest BCUT2D eigenvalue weighted by Gasteiger charge is -1.98. The Balaban J connectivity index is 2.30. The van der Waals surface area contributed by atoms with Gasteiger partial charge in [0.25, 0.3) is 0 Å². The molecule has 0 unspecified atom stereocenters. The van der Waals surface area contributed by atoms with Crippen molar-refractivity contribution < 1.29 is 9.21 Å². The van der Waals surface area contributed by atoms with Crippen LogP contribution in [0.4, 0.5) is 0 Å². The maximum atomic E-state index is 11.2. The SMILES string of the molecule is CCCNCC(=O)c1ccco1. The van der Waals surface area contributed by atoms with Crippen LogP contribution in [-0.4, -0.2) is 18.9 Å². The largest absolute Gasteiger partial charge is 0.461 e. The van der Waals surface area contributed by atoms with Crippen LogP contribution in [0.5, 0.6) is 0 Å². The number of hydrogen-bond acceptors (Lipinski definition) is 3. The van der Waals surface area contributed by atoms with Gasteiger partial charge in [0.1, 0.15) is 0 Å². The lowest BCUT2D eigenvalue weighted by molar-refractivity contribution is 0.0965. The molecule has 0 aliphatic rings. The molecule has 0 amide bonds. The van der Waals surface area contributed by atoms with E-state index in [0.717, 1.165) is 13.0 Å². The van der Waals surface area contributed by atoms with E-state index >= 15 is 0 Å². The first-order chi connectivity index (χ1) is 5.84. The summed E-state index contributed by atoms with van der Waals surface area (Å²) in [6, 6.07) is 3.39. The number of carbonyl (C=O) groups is 1. The molecule has 0 aromatic carbocycles. The van der Waals surface area contributed by atoms with Crippen molar-refractivity contribution in [2.24, 2.45) is 0 Å². The minimum atomic E-state index is 0.00782. The van der Waals surface area contributed by atoms with Crippen molar-refractivity contribution >= 4 is 5.78 Å². The van der Waals surface area contributed by atoms with E-state index in [1.807, 2.05) is 0 Å². The number of carbonyl (C=O) groups excluding carboxylic acids is 1. The normalized spacial score (nSPS) is 10.1. The summed E-state index contributed by atoms with van der Waals surface area (Å²) >= 11 is 0. The Hall–Kier alpha value is -1.09.